The van der Waals surface area contributed by atoms with Crippen molar-refractivity contribution < 1.29 is 9.53 Å². The highest BCUT2D eigenvalue weighted by Gasteiger charge is 2.07. The highest BCUT2D eigenvalue weighted by Crippen LogP contribution is 2.15. The monoisotopic (exact) mass is 307 g/mol. The van der Waals surface area contributed by atoms with Crippen molar-refractivity contribution in [2.45, 2.75) is 13.8 Å². The number of nitrogens with zero attached hydrogens (tertiary/aromatic N) is 1. The first-order valence-corrected chi connectivity index (χ1v) is 7.83. The molecule has 0 spiro atoms. The highest BCUT2D eigenvalue weighted by atomic mass is 16.5. The van der Waals surface area contributed by atoms with Gasteiger partial charge in [0.2, 0.25) is 0 Å². The number of hydrogen-bond acceptors (Lipinski definition) is 4. The summed E-state index contributed by atoms with van der Waals surface area (Å²) in [5.74, 6) is 0.574. The fraction of sp³-hybridized carbons (Fsp3) is 0.588. The van der Waals surface area contributed by atoms with Crippen molar-refractivity contribution in [2.24, 2.45) is 5.92 Å². The van der Waals surface area contributed by atoms with Crippen LogP contribution in [-0.4, -0.2) is 52.9 Å². The van der Waals surface area contributed by atoms with Crippen molar-refractivity contribution in [3.63, 3.8) is 0 Å². The van der Waals surface area contributed by atoms with Crippen molar-refractivity contribution in [1.29, 1.82) is 0 Å². The summed E-state index contributed by atoms with van der Waals surface area (Å²) in [6.07, 6.45) is 0. The van der Waals surface area contributed by atoms with E-state index in [2.05, 4.69) is 36.4 Å². The van der Waals surface area contributed by atoms with Crippen molar-refractivity contribution >= 4 is 11.6 Å². The molecule has 0 saturated heterocycles. The summed E-state index contributed by atoms with van der Waals surface area (Å²) >= 11 is 0. The predicted molar refractivity (Wildman–Crippen MR) is 91.6 cm³/mol. The van der Waals surface area contributed by atoms with Crippen LogP contribution in [0.4, 0.5) is 5.69 Å². The van der Waals surface area contributed by atoms with Crippen LogP contribution in [0.5, 0.6) is 0 Å². The first-order valence-electron chi connectivity index (χ1n) is 7.83. The van der Waals surface area contributed by atoms with Gasteiger partial charge in [-0.1, -0.05) is 13.8 Å². The molecule has 0 heterocycles. The van der Waals surface area contributed by atoms with Gasteiger partial charge in [0.05, 0.1) is 6.61 Å². The minimum atomic E-state index is -0.0356. The Hall–Kier alpha value is -1.59. The van der Waals surface area contributed by atoms with Gasteiger partial charge in [0.15, 0.2) is 0 Å². The molecule has 5 heteroatoms. The topological polar surface area (TPSA) is 53.6 Å². The zero-order valence-electron chi connectivity index (χ0n) is 14.2. The molecule has 0 aromatic heterocycles. The molecule has 0 bridgehead atoms. The van der Waals surface area contributed by atoms with Crippen molar-refractivity contribution in [3.8, 4) is 0 Å². The second-order valence-electron chi connectivity index (χ2n) is 5.82. The summed E-state index contributed by atoms with van der Waals surface area (Å²) in [5, 5.41) is 6.09. The second-order valence-corrected chi connectivity index (χ2v) is 5.82. The Morgan fingerprint density at radius 1 is 1.18 bits per heavy atom. The lowest BCUT2D eigenvalue weighted by Gasteiger charge is -2.21. The molecule has 1 rings (SSSR count). The van der Waals surface area contributed by atoms with E-state index in [0.29, 0.717) is 24.6 Å². The summed E-state index contributed by atoms with van der Waals surface area (Å²) in [7, 11) is 3.74. The summed E-state index contributed by atoms with van der Waals surface area (Å²) in [4.78, 5) is 14.2. The number of amides is 1. The van der Waals surface area contributed by atoms with Crippen LogP contribution >= 0.6 is 0 Å². The first-order chi connectivity index (χ1) is 10.5. The minimum absolute atomic E-state index is 0.0356. The number of rotatable bonds is 10. The van der Waals surface area contributed by atoms with Gasteiger partial charge in [0, 0.05) is 51.6 Å². The average Bonchev–Trinajstić information content (AvgIpc) is 2.50. The number of methoxy groups -OCH3 is 1. The molecule has 5 nitrogen and oxygen atoms in total. The van der Waals surface area contributed by atoms with Crippen molar-refractivity contribution in [2.75, 3.05) is 51.8 Å². The van der Waals surface area contributed by atoms with Crippen LogP contribution in [0.3, 0.4) is 0 Å². The first kappa shape index (κ1) is 18.5. The number of anilines is 1. The van der Waals surface area contributed by atoms with Crippen LogP contribution in [-0.2, 0) is 4.74 Å². The lowest BCUT2D eigenvalue weighted by molar-refractivity contribution is 0.0953. The van der Waals surface area contributed by atoms with E-state index in [9.17, 15) is 4.79 Å². The molecule has 0 fully saturated rings. The quantitative estimate of drug-likeness (QED) is 0.647. The molecular formula is C17H29N3O2. The van der Waals surface area contributed by atoms with Crippen molar-refractivity contribution in [1.82, 2.24) is 10.6 Å². The van der Waals surface area contributed by atoms with Gasteiger partial charge in [-0.2, -0.15) is 0 Å². The molecule has 1 amide bonds. The van der Waals surface area contributed by atoms with E-state index < -0.39 is 0 Å². The standard InChI is InChI=1S/C17H29N3O2/c1-14(2)13-20(3)16-7-5-15(6-8-16)17(21)19-10-9-18-11-12-22-4/h5-8,14,18H,9-13H2,1-4H3,(H,19,21). The maximum atomic E-state index is 12.0. The summed E-state index contributed by atoms with van der Waals surface area (Å²) < 4.78 is 4.94. The molecule has 0 aliphatic rings. The number of benzene rings is 1. The van der Waals surface area contributed by atoms with Gasteiger partial charge in [-0.3, -0.25) is 4.79 Å². The Kier molecular flexibility index (Phi) is 8.55. The molecule has 0 aliphatic heterocycles. The summed E-state index contributed by atoms with van der Waals surface area (Å²) in [6, 6.07) is 7.74. The molecular weight excluding hydrogens is 278 g/mol. The van der Waals surface area contributed by atoms with E-state index >= 15 is 0 Å². The molecule has 1 aromatic carbocycles. The van der Waals surface area contributed by atoms with Crippen molar-refractivity contribution in [3.05, 3.63) is 29.8 Å². The predicted octanol–water partition coefficient (Wildman–Crippen LogP) is 1.74. The summed E-state index contributed by atoms with van der Waals surface area (Å²) in [6.45, 7) is 8.21. The zero-order chi connectivity index (χ0) is 16.4. The zero-order valence-corrected chi connectivity index (χ0v) is 14.2. The Labute approximate surface area is 134 Å². The number of carbonyl (C=O) groups excluding carboxylic acids is 1. The van der Waals surface area contributed by atoms with Gasteiger partial charge in [0.1, 0.15) is 0 Å². The van der Waals surface area contributed by atoms with E-state index in [4.69, 9.17) is 4.74 Å². The van der Waals surface area contributed by atoms with E-state index in [0.717, 1.165) is 25.3 Å². The normalized spacial score (nSPS) is 10.8. The van der Waals surface area contributed by atoms with Gasteiger partial charge in [-0.15, -0.1) is 0 Å². The van der Waals surface area contributed by atoms with E-state index in [-0.39, 0.29) is 5.91 Å². The lowest BCUT2D eigenvalue weighted by atomic mass is 10.1. The molecule has 0 unspecified atom stereocenters. The van der Waals surface area contributed by atoms with Crippen LogP contribution in [0.2, 0.25) is 0 Å². The summed E-state index contributed by atoms with van der Waals surface area (Å²) in [5.41, 5.74) is 1.82. The van der Waals surface area contributed by atoms with Crippen LogP contribution < -0.4 is 15.5 Å². The van der Waals surface area contributed by atoms with Crippen LogP contribution in [0.1, 0.15) is 24.2 Å². The molecule has 0 aliphatic carbocycles. The Bertz CT molecular complexity index is 432. The fourth-order valence-electron chi connectivity index (χ4n) is 2.19. The highest BCUT2D eigenvalue weighted by molar-refractivity contribution is 5.94. The average molecular weight is 307 g/mol. The van der Waals surface area contributed by atoms with Gasteiger partial charge in [-0.25, -0.2) is 0 Å². The van der Waals surface area contributed by atoms with Crippen LogP contribution in [0, 0.1) is 5.92 Å². The minimum Gasteiger partial charge on any atom is -0.383 e. The second kappa shape index (κ2) is 10.2. The van der Waals surface area contributed by atoms with E-state index in [1.54, 1.807) is 7.11 Å². The molecule has 2 N–H and O–H groups in total. The number of hydrogen-bond donors (Lipinski definition) is 2. The van der Waals surface area contributed by atoms with Gasteiger partial charge in [0.25, 0.3) is 5.91 Å². The number of ether oxygens (including phenoxy) is 1. The van der Waals surface area contributed by atoms with Gasteiger partial charge >= 0.3 is 0 Å². The molecule has 0 saturated carbocycles. The third-order valence-corrected chi connectivity index (χ3v) is 3.28. The van der Waals surface area contributed by atoms with Crippen LogP contribution in [0.25, 0.3) is 0 Å². The molecule has 124 valence electrons. The van der Waals surface area contributed by atoms with Gasteiger partial charge in [-0.05, 0) is 30.2 Å². The lowest BCUT2D eigenvalue weighted by Crippen LogP contribution is -2.33. The van der Waals surface area contributed by atoms with E-state index in [1.165, 1.54) is 0 Å². The smallest absolute Gasteiger partial charge is 0.251 e. The Morgan fingerprint density at radius 2 is 1.86 bits per heavy atom. The Morgan fingerprint density at radius 3 is 2.45 bits per heavy atom. The third-order valence-electron chi connectivity index (χ3n) is 3.28. The third kappa shape index (κ3) is 6.91. The van der Waals surface area contributed by atoms with Gasteiger partial charge < -0.3 is 20.3 Å². The fourth-order valence-corrected chi connectivity index (χ4v) is 2.19. The number of nitrogens with one attached hydrogen (secondary N) is 2. The maximum absolute atomic E-state index is 12.0. The largest absolute Gasteiger partial charge is 0.383 e. The molecule has 0 radical (unpaired) electrons. The molecule has 1 aromatic rings. The number of carbonyl (C=O) groups is 1. The van der Waals surface area contributed by atoms with E-state index in [1.807, 2.05) is 24.3 Å². The Balaban J connectivity index is 2.37. The SMILES string of the molecule is COCCNCCNC(=O)c1ccc(N(C)CC(C)C)cc1. The molecule has 0 atom stereocenters. The molecule has 22 heavy (non-hydrogen) atoms. The maximum Gasteiger partial charge on any atom is 0.251 e. The van der Waals surface area contributed by atoms with Crippen LogP contribution in [0.15, 0.2) is 24.3 Å².